The van der Waals surface area contributed by atoms with Gasteiger partial charge < -0.3 is 19.4 Å². The highest BCUT2D eigenvalue weighted by molar-refractivity contribution is 5.78. The van der Waals surface area contributed by atoms with Gasteiger partial charge in [0.25, 0.3) is 0 Å². The molecule has 1 aliphatic heterocycles. The molecule has 0 spiro atoms. The van der Waals surface area contributed by atoms with Gasteiger partial charge in [-0.25, -0.2) is 4.98 Å². The van der Waals surface area contributed by atoms with Gasteiger partial charge in [-0.05, 0) is 32.0 Å². The van der Waals surface area contributed by atoms with Gasteiger partial charge in [0, 0.05) is 23.1 Å². The third-order valence-corrected chi connectivity index (χ3v) is 7.09. The Labute approximate surface area is 220 Å². The quantitative estimate of drug-likeness (QED) is 0.239. The van der Waals surface area contributed by atoms with Gasteiger partial charge in [0.1, 0.15) is 0 Å². The van der Waals surface area contributed by atoms with E-state index in [-0.39, 0.29) is 5.41 Å². The summed E-state index contributed by atoms with van der Waals surface area (Å²) >= 11 is 0. The predicted molar refractivity (Wildman–Crippen MR) is 149 cm³/mol. The van der Waals surface area contributed by atoms with Crippen LogP contribution in [0.5, 0.6) is 0 Å². The Morgan fingerprint density at radius 1 is 0.838 bits per heavy atom. The third kappa shape index (κ3) is 6.55. The zero-order chi connectivity index (χ0) is 25.5. The van der Waals surface area contributed by atoms with Crippen molar-refractivity contribution in [3.05, 3.63) is 102 Å². The number of aromatic amines is 1. The number of hydrogen-bond acceptors (Lipinski definition) is 4. The van der Waals surface area contributed by atoms with Gasteiger partial charge >= 0.3 is 0 Å². The smallest absolute Gasteiger partial charge is 0.217 e. The van der Waals surface area contributed by atoms with E-state index in [9.17, 15) is 0 Å². The lowest BCUT2D eigenvalue weighted by molar-refractivity contribution is -0.235. The first-order chi connectivity index (χ1) is 18.1. The van der Waals surface area contributed by atoms with Crippen molar-refractivity contribution in [3.8, 4) is 22.5 Å². The van der Waals surface area contributed by atoms with E-state index in [0.717, 1.165) is 54.3 Å². The molecule has 0 aliphatic carbocycles. The lowest BCUT2D eigenvalue weighted by Gasteiger charge is -2.36. The molecule has 1 aliphatic rings. The maximum atomic E-state index is 6.25. The van der Waals surface area contributed by atoms with Crippen molar-refractivity contribution < 1.29 is 9.47 Å². The second-order valence-corrected chi connectivity index (χ2v) is 10.5. The Kier molecular flexibility index (Phi) is 8.15. The molecule has 1 aromatic heterocycles. The number of nitrogens with one attached hydrogen (secondary N) is 1. The number of nitrogens with zero attached hydrogens (tertiary/aromatic N) is 2. The summed E-state index contributed by atoms with van der Waals surface area (Å²) in [6.07, 6.45) is 2.93. The largest absolute Gasteiger partial charge is 0.345 e. The lowest BCUT2D eigenvalue weighted by Crippen LogP contribution is -2.36. The van der Waals surface area contributed by atoms with Crippen LogP contribution in [0.2, 0.25) is 0 Å². The molecule has 1 saturated heterocycles. The summed E-state index contributed by atoms with van der Waals surface area (Å²) < 4.78 is 12.5. The van der Waals surface area contributed by atoms with E-state index in [4.69, 9.17) is 14.5 Å². The van der Waals surface area contributed by atoms with Crippen LogP contribution in [0.15, 0.2) is 91.0 Å². The summed E-state index contributed by atoms with van der Waals surface area (Å²) in [4.78, 5) is 10.9. The van der Waals surface area contributed by atoms with Crippen molar-refractivity contribution in [1.82, 2.24) is 14.9 Å². The second kappa shape index (κ2) is 11.9. The van der Waals surface area contributed by atoms with Crippen LogP contribution in [0.1, 0.15) is 43.9 Å². The average Bonchev–Trinajstić information content (AvgIpc) is 3.39. The van der Waals surface area contributed by atoms with E-state index >= 15 is 0 Å². The lowest BCUT2D eigenvalue weighted by atomic mass is 9.86. The molecular weight excluding hydrogens is 458 g/mol. The fourth-order valence-corrected chi connectivity index (χ4v) is 4.98. The molecule has 5 rings (SSSR count). The summed E-state index contributed by atoms with van der Waals surface area (Å²) in [5.41, 5.74) is 5.45. The van der Waals surface area contributed by atoms with Crippen molar-refractivity contribution in [3.63, 3.8) is 0 Å². The number of unbranched alkanes of at least 4 members (excludes halogenated alkanes) is 1. The molecular formula is C32H37N3O2. The van der Waals surface area contributed by atoms with Crippen molar-refractivity contribution in [2.45, 2.75) is 39.0 Å². The number of H-pyrrole nitrogens is 1. The molecule has 0 atom stereocenters. The zero-order valence-corrected chi connectivity index (χ0v) is 21.9. The van der Waals surface area contributed by atoms with E-state index in [1.165, 1.54) is 12.0 Å². The van der Waals surface area contributed by atoms with Crippen LogP contribution in [0, 0.1) is 5.41 Å². The molecule has 3 aromatic carbocycles. The van der Waals surface area contributed by atoms with Crippen molar-refractivity contribution in [2.75, 3.05) is 26.8 Å². The van der Waals surface area contributed by atoms with Gasteiger partial charge in [-0.15, -0.1) is 0 Å². The number of hydrogen-bond donors (Lipinski definition) is 1. The minimum absolute atomic E-state index is 0.0195. The molecule has 1 N–H and O–H groups in total. The summed E-state index contributed by atoms with van der Waals surface area (Å²) in [6, 6.07) is 31.2. The van der Waals surface area contributed by atoms with Crippen LogP contribution in [0.25, 0.3) is 22.5 Å². The molecule has 4 aromatic rings. The number of imidazole rings is 1. The molecule has 2 heterocycles. The van der Waals surface area contributed by atoms with E-state index in [1.807, 2.05) is 36.4 Å². The van der Waals surface area contributed by atoms with E-state index in [1.54, 1.807) is 0 Å². The topological polar surface area (TPSA) is 50.4 Å². The Morgan fingerprint density at radius 2 is 1.43 bits per heavy atom. The summed E-state index contributed by atoms with van der Waals surface area (Å²) in [7, 11) is 2.20. The molecule has 192 valence electrons. The predicted octanol–water partition coefficient (Wildman–Crippen LogP) is 7.10. The molecule has 5 nitrogen and oxygen atoms in total. The number of benzene rings is 3. The highest BCUT2D eigenvalue weighted by atomic mass is 16.7. The van der Waals surface area contributed by atoms with Crippen LogP contribution in [-0.2, 0) is 16.0 Å². The van der Waals surface area contributed by atoms with Crippen LogP contribution in [-0.4, -0.2) is 41.7 Å². The van der Waals surface area contributed by atoms with Crippen LogP contribution in [0.4, 0.5) is 0 Å². The van der Waals surface area contributed by atoms with Crippen molar-refractivity contribution >= 4 is 0 Å². The Balaban J connectivity index is 1.17. The minimum atomic E-state index is -0.481. The fourth-order valence-electron chi connectivity index (χ4n) is 4.98. The molecule has 1 fully saturated rings. The molecule has 0 bridgehead atoms. The van der Waals surface area contributed by atoms with E-state index in [0.29, 0.717) is 13.2 Å². The SMILES string of the molecule is CN(CCCC[C@]1(C)CO[C@H](c2nc(-c3ccccc3)c(-c3ccccc3)[nH]2)OC1)Cc1ccccc1. The first-order valence-electron chi connectivity index (χ1n) is 13.3. The van der Waals surface area contributed by atoms with Crippen molar-refractivity contribution in [1.29, 1.82) is 0 Å². The van der Waals surface area contributed by atoms with Gasteiger partial charge in [0.2, 0.25) is 6.29 Å². The zero-order valence-electron chi connectivity index (χ0n) is 21.9. The highest BCUT2D eigenvalue weighted by Gasteiger charge is 2.34. The maximum Gasteiger partial charge on any atom is 0.217 e. The molecule has 37 heavy (non-hydrogen) atoms. The number of aromatic nitrogens is 2. The Bertz CT molecular complexity index is 1180. The van der Waals surface area contributed by atoms with E-state index < -0.39 is 6.29 Å². The number of ether oxygens (including phenoxy) is 2. The molecule has 0 radical (unpaired) electrons. The minimum Gasteiger partial charge on any atom is -0.345 e. The fraction of sp³-hybridized carbons (Fsp3) is 0.344. The first-order valence-corrected chi connectivity index (χ1v) is 13.3. The normalized spacial score (nSPS) is 19.8. The maximum absolute atomic E-state index is 6.25. The molecule has 0 unspecified atom stereocenters. The summed E-state index contributed by atoms with van der Waals surface area (Å²) in [5, 5.41) is 0. The van der Waals surface area contributed by atoms with Crippen LogP contribution < -0.4 is 0 Å². The van der Waals surface area contributed by atoms with Crippen LogP contribution >= 0.6 is 0 Å². The van der Waals surface area contributed by atoms with Crippen molar-refractivity contribution in [2.24, 2.45) is 5.41 Å². The molecule has 0 amide bonds. The van der Waals surface area contributed by atoms with Gasteiger partial charge in [0.05, 0.1) is 24.6 Å². The third-order valence-electron chi connectivity index (χ3n) is 7.09. The second-order valence-electron chi connectivity index (χ2n) is 10.5. The average molecular weight is 496 g/mol. The standard InChI is InChI=1S/C32H37N3O2/c1-32(20-12-13-21-35(2)22-25-14-6-3-7-15-25)23-36-31(37-24-32)30-33-28(26-16-8-4-9-17-26)29(34-30)27-18-10-5-11-19-27/h3-11,14-19,31H,12-13,20-24H2,1-2H3,(H,33,34)/t31-,32+. The first kappa shape index (κ1) is 25.4. The van der Waals surface area contributed by atoms with Gasteiger partial charge in [0.15, 0.2) is 5.82 Å². The van der Waals surface area contributed by atoms with E-state index in [2.05, 4.69) is 78.5 Å². The number of rotatable bonds is 10. The van der Waals surface area contributed by atoms with Gasteiger partial charge in [-0.1, -0.05) is 104 Å². The summed E-state index contributed by atoms with van der Waals surface area (Å²) in [6.45, 7) is 5.68. The van der Waals surface area contributed by atoms with Gasteiger partial charge in [-0.3, -0.25) is 0 Å². The summed E-state index contributed by atoms with van der Waals surface area (Å²) in [5.74, 6) is 0.724. The Hall–Kier alpha value is -3.25. The monoisotopic (exact) mass is 495 g/mol. The Morgan fingerprint density at radius 3 is 2.08 bits per heavy atom. The molecule has 5 heteroatoms. The molecule has 0 saturated carbocycles. The van der Waals surface area contributed by atoms with Gasteiger partial charge in [-0.2, -0.15) is 0 Å². The van der Waals surface area contributed by atoms with Crippen LogP contribution in [0.3, 0.4) is 0 Å². The highest BCUT2D eigenvalue weighted by Crippen LogP contribution is 2.37.